The van der Waals surface area contributed by atoms with Crippen LogP contribution in [-0.4, -0.2) is 11.7 Å². The molecule has 0 fully saturated rings. The Labute approximate surface area is 388 Å². The molecule has 1 aromatic heterocycles. The van der Waals surface area contributed by atoms with E-state index in [4.69, 9.17) is 9.98 Å². The summed E-state index contributed by atoms with van der Waals surface area (Å²) in [5, 5.41) is 11.2. The summed E-state index contributed by atoms with van der Waals surface area (Å²) >= 11 is 1.84. The molecule has 0 saturated carbocycles. The summed E-state index contributed by atoms with van der Waals surface area (Å²) in [5.41, 5.74) is 15.6. The van der Waals surface area contributed by atoms with Crippen molar-refractivity contribution in [3.63, 3.8) is 0 Å². The molecule has 1 aliphatic heterocycles. The molecule has 3 nitrogen and oxygen atoms in total. The smallest absolute Gasteiger partial charge is 0.160 e. The van der Waals surface area contributed by atoms with Gasteiger partial charge in [0.15, 0.2) is 5.84 Å². The van der Waals surface area contributed by atoms with Crippen molar-refractivity contribution in [2.24, 2.45) is 9.98 Å². The molecular formula is C62H43N3S. The lowest BCUT2D eigenvalue weighted by molar-refractivity contribution is 0.658. The summed E-state index contributed by atoms with van der Waals surface area (Å²) < 4.78 is 2.43. The van der Waals surface area contributed by atoms with Gasteiger partial charge in [0.05, 0.1) is 0 Å². The van der Waals surface area contributed by atoms with E-state index in [2.05, 4.69) is 231 Å². The number of benzene rings is 10. The first-order valence-electron chi connectivity index (χ1n) is 22.8. The zero-order valence-corrected chi connectivity index (χ0v) is 37.4. The largest absolute Gasteiger partial charge is 0.344 e. The van der Waals surface area contributed by atoms with Gasteiger partial charge in [-0.05, 0) is 107 Å². The highest BCUT2D eigenvalue weighted by atomic mass is 32.1. The second kappa shape index (κ2) is 15.1. The van der Waals surface area contributed by atoms with Gasteiger partial charge in [-0.3, -0.25) is 0 Å². The molecule has 0 amide bonds. The molecule has 1 aliphatic carbocycles. The highest BCUT2D eigenvalue weighted by Gasteiger charge is 2.36. The summed E-state index contributed by atoms with van der Waals surface area (Å²) in [7, 11) is 0. The van der Waals surface area contributed by atoms with Gasteiger partial charge in [-0.25, -0.2) is 9.98 Å². The van der Waals surface area contributed by atoms with Crippen molar-refractivity contribution in [1.82, 2.24) is 5.32 Å². The van der Waals surface area contributed by atoms with Gasteiger partial charge in [-0.1, -0.05) is 202 Å². The Morgan fingerprint density at radius 1 is 0.439 bits per heavy atom. The molecule has 10 aromatic carbocycles. The predicted octanol–water partition coefficient (Wildman–Crippen LogP) is 16.2. The molecule has 4 heteroatoms. The summed E-state index contributed by atoms with van der Waals surface area (Å²) in [6, 6.07) is 77.3. The Morgan fingerprint density at radius 2 is 1.03 bits per heavy atom. The third-order valence-corrected chi connectivity index (χ3v) is 15.2. The molecule has 0 spiro atoms. The first-order valence-corrected chi connectivity index (χ1v) is 23.6. The Balaban J connectivity index is 0.988. The highest BCUT2D eigenvalue weighted by molar-refractivity contribution is 7.26. The number of nitrogens with zero attached hydrogens (tertiary/aromatic N) is 2. The van der Waals surface area contributed by atoms with Gasteiger partial charge in [0.25, 0.3) is 0 Å². The average molecular weight is 862 g/mol. The molecule has 2 heterocycles. The minimum absolute atomic E-state index is 0.141. The van der Waals surface area contributed by atoms with Crippen molar-refractivity contribution in [3.05, 3.63) is 240 Å². The topological polar surface area (TPSA) is 36.8 Å². The van der Waals surface area contributed by atoms with Gasteiger partial charge in [-0.2, -0.15) is 0 Å². The van der Waals surface area contributed by atoms with Gasteiger partial charge in [0.1, 0.15) is 12.0 Å². The van der Waals surface area contributed by atoms with Crippen LogP contribution in [0.3, 0.4) is 0 Å². The third-order valence-electron chi connectivity index (χ3n) is 14.0. The maximum Gasteiger partial charge on any atom is 0.160 e. The van der Waals surface area contributed by atoms with E-state index in [0.717, 1.165) is 28.4 Å². The van der Waals surface area contributed by atoms with E-state index < -0.39 is 0 Å². The number of amidine groups is 2. The Bertz CT molecular complexity index is 3800. The number of aliphatic imine (C=N–C) groups is 2. The third kappa shape index (κ3) is 6.17. The van der Waals surface area contributed by atoms with E-state index in [9.17, 15) is 0 Å². The van der Waals surface area contributed by atoms with Crippen LogP contribution in [0.15, 0.2) is 222 Å². The first-order chi connectivity index (χ1) is 32.5. The number of hydrogen-bond donors (Lipinski definition) is 1. The van der Waals surface area contributed by atoms with Gasteiger partial charge in [-0.15, -0.1) is 11.3 Å². The van der Waals surface area contributed by atoms with Crippen LogP contribution < -0.4 is 5.32 Å². The summed E-state index contributed by atoms with van der Waals surface area (Å²) in [4.78, 5) is 11.0. The molecule has 0 radical (unpaired) electrons. The number of nitrogens with one attached hydrogen (secondary N) is 1. The SMILES string of the molecule is CC1(C)c2ccccc2-c2ccc(C3=NC(c4cc5ccccc5c5c4sc4ccc(-c6ccc(-c7ccccc7)c7ccccc67)cc45)=NC(c4ccc(-c5ccccc5)cc4)N3)cc21. The lowest BCUT2D eigenvalue weighted by Gasteiger charge is -2.26. The fraction of sp³-hybridized carbons (Fsp3) is 0.0645. The second-order valence-corrected chi connectivity index (χ2v) is 19.2. The van der Waals surface area contributed by atoms with Crippen LogP contribution in [-0.2, 0) is 5.41 Å². The van der Waals surface area contributed by atoms with Gasteiger partial charge in [0, 0.05) is 36.7 Å². The number of fused-ring (bicyclic) bond motifs is 9. The number of thiophene rings is 1. The van der Waals surface area contributed by atoms with Gasteiger partial charge < -0.3 is 5.32 Å². The zero-order valence-electron chi connectivity index (χ0n) is 36.6. The van der Waals surface area contributed by atoms with Crippen molar-refractivity contribution in [1.29, 1.82) is 0 Å². The second-order valence-electron chi connectivity index (χ2n) is 18.1. The normalized spacial score (nSPS) is 15.1. The molecule has 1 atom stereocenters. The van der Waals surface area contributed by atoms with Crippen molar-refractivity contribution in [2.45, 2.75) is 25.4 Å². The van der Waals surface area contributed by atoms with Crippen molar-refractivity contribution < 1.29 is 0 Å². The van der Waals surface area contributed by atoms with E-state index >= 15 is 0 Å². The van der Waals surface area contributed by atoms with E-state index in [1.54, 1.807) is 0 Å². The van der Waals surface area contributed by atoms with Crippen molar-refractivity contribution >= 4 is 64.7 Å². The minimum atomic E-state index is -0.356. The predicted molar refractivity (Wildman–Crippen MR) is 280 cm³/mol. The molecular weight excluding hydrogens is 819 g/mol. The van der Waals surface area contributed by atoms with Crippen LogP contribution in [0.1, 0.15) is 47.8 Å². The number of rotatable bonds is 6. The van der Waals surface area contributed by atoms with E-state index in [-0.39, 0.29) is 11.6 Å². The van der Waals surface area contributed by atoms with Crippen LogP contribution in [0.4, 0.5) is 0 Å². The molecule has 13 rings (SSSR count). The van der Waals surface area contributed by atoms with E-state index in [1.165, 1.54) is 97.4 Å². The average Bonchev–Trinajstić information content (AvgIpc) is 3.88. The molecule has 0 bridgehead atoms. The molecule has 1 unspecified atom stereocenters. The van der Waals surface area contributed by atoms with Crippen LogP contribution >= 0.6 is 11.3 Å². The van der Waals surface area contributed by atoms with Crippen molar-refractivity contribution in [2.75, 3.05) is 0 Å². The fourth-order valence-electron chi connectivity index (χ4n) is 10.6. The molecule has 0 saturated heterocycles. The van der Waals surface area contributed by atoms with Crippen LogP contribution in [0.5, 0.6) is 0 Å². The Morgan fingerprint density at radius 3 is 1.80 bits per heavy atom. The zero-order chi connectivity index (χ0) is 43.9. The fourth-order valence-corrected chi connectivity index (χ4v) is 11.8. The minimum Gasteiger partial charge on any atom is -0.344 e. The summed E-state index contributed by atoms with van der Waals surface area (Å²) in [6.07, 6.45) is -0.356. The molecule has 312 valence electrons. The van der Waals surface area contributed by atoms with Gasteiger partial charge >= 0.3 is 0 Å². The summed E-state index contributed by atoms with van der Waals surface area (Å²) in [5.74, 6) is 1.55. The Kier molecular flexibility index (Phi) is 8.81. The monoisotopic (exact) mass is 861 g/mol. The standard InChI is InChI=1S/C62H43N3S/c1-62(2)54-24-14-13-23-50(54)51-31-29-44(37-55(51)62)60-63-59(41-27-25-39(26-28-41)38-15-5-3-6-16-38)64-61(65-60)53-36-42-19-9-10-20-47(42)57-52-35-43(30-34-56(52)66-58(53)57)46-33-32-45(40-17-7-4-8-18-40)48-21-11-12-22-49(46)48/h3-37,59H,1-2H3,(H,63,64,65). The lowest BCUT2D eigenvalue weighted by atomic mass is 9.82. The van der Waals surface area contributed by atoms with Gasteiger partial charge in [0.2, 0.25) is 0 Å². The van der Waals surface area contributed by atoms with Crippen LogP contribution in [0, 0.1) is 0 Å². The summed E-state index contributed by atoms with van der Waals surface area (Å²) in [6.45, 7) is 4.67. The highest BCUT2D eigenvalue weighted by Crippen LogP contribution is 2.49. The van der Waals surface area contributed by atoms with Crippen molar-refractivity contribution in [3.8, 4) is 44.5 Å². The lowest BCUT2D eigenvalue weighted by Crippen LogP contribution is -2.33. The quantitative estimate of drug-likeness (QED) is 0.178. The molecule has 11 aromatic rings. The molecule has 1 N–H and O–H groups in total. The molecule has 66 heavy (non-hydrogen) atoms. The van der Waals surface area contributed by atoms with E-state index in [0.29, 0.717) is 0 Å². The Hall–Kier alpha value is -7.92. The van der Waals surface area contributed by atoms with E-state index in [1.807, 2.05) is 11.3 Å². The maximum atomic E-state index is 5.52. The van der Waals surface area contributed by atoms with Crippen LogP contribution in [0.2, 0.25) is 0 Å². The maximum absolute atomic E-state index is 5.52. The van der Waals surface area contributed by atoms with Crippen LogP contribution in [0.25, 0.3) is 86.2 Å². The first kappa shape index (κ1) is 38.5. The molecule has 2 aliphatic rings. The number of hydrogen-bond acceptors (Lipinski definition) is 4.